The summed E-state index contributed by atoms with van der Waals surface area (Å²) in [7, 11) is 0. The van der Waals surface area contributed by atoms with Crippen molar-refractivity contribution >= 4 is 5.95 Å². The van der Waals surface area contributed by atoms with E-state index in [1.165, 1.54) is 4.68 Å². The van der Waals surface area contributed by atoms with Gasteiger partial charge in [0.1, 0.15) is 0 Å². The number of aromatic nitrogens is 3. The highest BCUT2D eigenvalue weighted by atomic mass is 15.4. The Morgan fingerprint density at radius 3 is 2.13 bits per heavy atom. The SMILES string of the molecule is Cc1cc(C)cc(-c2nnc(N)n2N)c1. The molecule has 78 valence electrons. The van der Waals surface area contributed by atoms with Crippen LogP contribution < -0.4 is 11.6 Å². The second kappa shape index (κ2) is 3.27. The lowest BCUT2D eigenvalue weighted by molar-refractivity contribution is 1.02. The van der Waals surface area contributed by atoms with Crippen molar-refractivity contribution in [2.24, 2.45) is 0 Å². The molecule has 0 aliphatic carbocycles. The second-order valence-corrected chi connectivity index (χ2v) is 3.63. The summed E-state index contributed by atoms with van der Waals surface area (Å²) in [6, 6.07) is 6.09. The smallest absolute Gasteiger partial charge is 0.241 e. The highest BCUT2D eigenvalue weighted by molar-refractivity contribution is 5.59. The number of nitrogens with zero attached hydrogens (tertiary/aromatic N) is 3. The van der Waals surface area contributed by atoms with Gasteiger partial charge in [0.25, 0.3) is 0 Å². The van der Waals surface area contributed by atoms with Crippen LogP contribution >= 0.6 is 0 Å². The van der Waals surface area contributed by atoms with Crippen LogP contribution in [-0.2, 0) is 0 Å². The first kappa shape index (κ1) is 9.51. The van der Waals surface area contributed by atoms with Crippen LogP contribution in [0.15, 0.2) is 18.2 Å². The zero-order valence-electron chi connectivity index (χ0n) is 8.73. The van der Waals surface area contributed by atoms with Crippen molar-refractivity contribution in [3.8, 4) is 11.4 Å². The van der Waals surface area contributed by atoms with Crippen LogP contribution in [0.3, 0.4) is 0 Å². The third-order valence-electron chi connectivity index (χ3n) is 2.20. The van der Waals surface area contributed by atoms with Crippen molar-refractivity contribution in [2.75, 3.05) is 11.6 Å². The van der Waals surface area contributed by atoms with Crippen LogP contribution in [0.5, 0.6) is 0 Å². The van der Waals surface area contributed by atoms with Gasteiger partial charge in [-0.25, -0.2) is 4.68 Å². The van der Waals surface area contributed by atoms with Gasteiger partial charge in [0.05, 0.1) is 0 Å². The lowest BCUT2D eigenvalue weighted by atomic mass is 10.1. The molecule has 0 saturated carbocycles. The Balaban J connectivity index is 2.58. The van der Waals surface area contributed by atoms with E-state index in [4.69, 9.17) is 11.6 Å². The fraction of sp³-hybridized carbons (Fsp3) is 0.200. The van der Waals surface area contributed by atoms with Crippen molar-refractivity contribution in [3.05, 3.63) is 29.3 Å². The largest absolute Gasteiger partial charge is 0.366 e. The Bertz CT molecular complexity index is 480. The van der Waals surface area contributed by atoms with E-state index in [2.05, 4.69) is 16.3 Å². The van der Waals surface area contributed by atoms with Crippen LogP contribution in [0.2, 0.25) is 0 Å². The third kappa shape index (κ3) is 1.63. The number of hydrogen-bond acceptors (Lipinski definition) is 4. The fourth-order valence-corrected chi connectivity index (χ4v) is 1.60. The maximum atomic E-state index is 5.70. The molecular formula is C10H13N5. The maximum absolute atomic E-state index is 5.70. The van der Waals surface area contributed by atoms with Gasteiger partial charge in [0.15, 0.2) is 5.82 Å². The zero-order chi connectivity index (χ0) is 11.0. The lowest BCUT2D eigenvalue weighted by Gasteiger charge is -2.04. The molecule has 2 aromatic rings. The van der Waals surface area contributed by atoms with Crippen molar-refractivity contribution in [3.63, 3.8) is 0 Å². The van der Waals surface area contributed by atoms with Gasteiger partial charge >= 0.3 is 0 Å². The lowest BCUT2D eigenvalue weighted by Crippen LogP contribution is -2.13. The first-order valence-corrected chi connectivity index (χ1v) is 4.62. The average Bonchev–Trinajstić information content (AvgIpc) is 2.46. The Hall–Kier alpha value is -2.04. The molecule has 0 radical (unpaired) electrons. The van der Waals surface area contributed by atoms with Crippen LogP contribution in [-0.4, -0.2) is 14.9 Å². The van der Waals surface area contributed by atoms with Crippen LogP contribution in [0.4, 0.5) is 5.95 Å². The van der Waals surface area contributed by atoms with Crippen LogP contribution in [0.1, 0.15) is 11.1 Å². The first-order valence-electron chi connectivity index (χ1n) is 4.62. The fourth-order valence-electron chi connectivity index (χ4n) is 1.60. The molecule has 5 nitrogen and oxygen atoms in total. The standard InChI is InChI=1S/C10H13N5/c1-6-3-7(2)5-8(4-6)9-13-14-10(11)15(9)12/h3-5H,12H2,1-2H3,(H2,11,14). The minimum atomic E-state index is 0.212. The summed E-state index contributed by atoms with van der Waals surface area (Å²) in [5.74, 6) is 6.50. The molecule has 0 aliphatic rings. The van der Waals surface area contributed by atoms with Gasteiger partial charge in [-0.05, 0) is 26.0 Å². The van der Waals surface area contributed by atoms with Crippen molar-refractivity contribution in [2.45, 2.75) is 13.8 Å². The Labute approximate surface area is 87.7 Å². The van der Waals surface area contributed by atoms with Gasteiger partial charge in [0.2, 0.25) is 5.95 Å². The molecule has 0 atom stereocenters. The van der Waals surface area contributed by atoms with Crippen molar-refractivity contribution in [1.82, 2.24) is 14.9 Å². The molecule has 1 aromatic carbocycles. The normalized spacial score (nSPS) is 10.5. The first-order chi connectivity index (χ1) is 7.08. The predicted octanol–water partition coefficient (Wildman–Crippen LogP) is 0.858. The van der Waals surface area contributed by atoms with Gasteiger partial charge in [0, 0.05) is 5.56 Å². The molecule has 5 heteroatoms. The Morgan fingerprint density at radius 2 is 1.67 bits per heavy atom. The van der Waals surface area contributed by atoms with Crippen LogP contribution in [0.25, 0.3) is 11.4 Å². The predicted molar refractivity (Wildman–Crippen MR) is 59.5 cm³/mol. The van der Waals surface area contributed by atoms with E-state index >= 15 is 0 Å². The number of hydrogen-bond donors (Lipinski definition) is 2. The number of aryl methyl sites for hydroxylation is 2. The molecule has 0 amide bonds. The quantitative estimate of drug-likeness (QED) is 0.673. The molecule has 0 bridgehead atoms. The highest BCUT2D eigenvalue weighted by Gasteiger charge is 2.09. The summed E-state index contributed by atoms with van der Waals surface area (Å²) in [6.07, 6.45) is 0. The molecule has 0 unspecified atom stereocenters. The van der Waals surface area contributed by atoms with E-state index < -0.39 is 0 Å². The van der Waals surface area contributed by atoms with Gasteiger partial charge in [-0.1, -0.05) is 17.2 Å². The molecule has 0 aliphatic heterocycles. The summed E-state index contributed by atoms with van der Waals surface area (Å²) in [5.41, 5.74) is 8.77. The third-order valence-corrected chi connectivity index (χ3v) is 2.20. The minimum absolute atomic E-state index is 0.212. The van der Waals surface area contributed by atoms with E-state index in [-0.39, 0.29) is 5.95 Å². The van der Waals surface area contributed by atoms with Crippen molar-refractivity contribution in [1.29, 1.82) is 0 Å². The van der Waals surface area contributed by atoms with Gasteiger partial charge in [-0.15, -0.1) is 10.2 Å². The summed E-state index contributed by atoms with van der Waals surface area (Å²) in [4.78, 5) is 0. The summed E-state index contributed by atoms with van der Waals surface area (Å²) in [5, 5.41) is 7.65. The molecule has 0 saturated heterocycles. The second-order valence-electron chi connectivity index (χ2n) is 3.63. The van der Waals surface area contributed by atoms with E-state index in [1.807, 2.05) is 26.0 Å². The Morgan fingerprint density at radius 1 is 1.07 bits per heavy atom. The topological polar surface area (TPSA) is 82.8 Å². The zero-order valence-corrected chi connectivity index (χ0v) is 8.73. The molecule has 4 N–H and O–H groups in total. The number of benzene rings is 1. The van der Waals surface area contributed by atoms with E-state index in [1.54, 1.807) is 0 Å². The number of anilines is 1. The van der Waals surface area contributed by atoms with Gasteiger partial charge in [-0.3, -0.25) is 0 Å². The molecule has 2 rings (SSSR count). The summed E-state index contributed by atoms with van der Waals surface area (Å²) in [6.45, 7) is 4.05. The van der Waals surface area contributed by atoms with Crippen LogP contribution in [0, 0.1) is 13.8 Å². The van der Waals surface area contributed by atoms with E-state index in [0.717, 1.165) is 16.7 Å². The van der Waals surface area contributed by atoms with E-state index in [0.29, 0.717) is 5.82 Å². The number of rotatable bonds is 1. The van der Waals surface area contributed by atoms with Gasteiger partial charge < -0.3 is 11.6 Å². The molecule has 1 heterocycles. The molecule has 0 spiro atoms. The molecule has 0 fully saturated rings. The molecule has 15 heavy (non-hydrogen) atoms. The van der Waals surface area contributed by atoms with Gasteiger partial charge in [-0.2, -0.15) is 0 Å². The minimum Gasteiger partial charge on any atom is -0.366 e. The Kier molecular flexibility index (Phi) is 2.07. The molecule has 1 aromatic heterocycles. The van der Waals surface area contributed by atoms with Crippen molar-refractivity contribution < 1.29 is 0 Å². The highest BCUT2D eigenvalue weighted by Crippen LogP contribution is 2.20. The maximum Gasteiger partial charge on any atom is 0.241 e. The number of nitrogens with two attached hydrogens (primary N) is 2. The average molecular weight is 203 g/mol. The molecular weight excluding hydrogens is 190 g/mol. The monoisotopic (exact) mass is 203 g/mol. The summed E-state index contributed by atoms with van der Waals surface area (Å²) < 4.78 is 1.29. The summed E-state index contributed by atoms with van der Waals surface area (Å²) >= 11 is 0. The van der Waals surface area contributed by atoms with E-state index in [9.17, 15) is 0 Å². The number of nitrogen functional groups attached to an aromatic ring is 2.